The number of anilines is 2. The Labute approximate surface area is 170 Å². The van der Waals surface area contributed by atoms with Gasteiger partial charge < -0.3 is 15.5 Å². The SMILES string of the molecule is Cc1cc(C)cc(NC(=O)C(=O)NCC2CCN(c3ncccc3C#N)CC2)c1. The van der Waals surface area contributed by atoms with E-state index in [-0.39, 0.29) is 0 Å². The summed E-state index contributed by atoms with van der Waals surface area (Å²) in [6, 6.07) is 11.4. The van der Waals surface area contributed by atoms with Gasteiger partial charge >= 0.3 is 11.8 Å². The number of hydrogen-bond donors (Lipinski definition) is 2. The third-order valence-electron chi connectivity index (χ3n) is 5.06. The Kier molecular flexibility index (Phi) is 6.45. The van der Waals surface area contributed by atoms with Crippen molar-refractivity contribution in [3.8, 4) is 6.07 Å². The first kappa shape index (κ1) is 20.3. The molecule has 2 N–H and O–H groups in total. The highest BCUT2D eigenvalue weighted by Crippen LogP contribution is 2.23. The summed E-state index contributed by atoms with van der Waals surface area (Å²) >= 11 is 0. The molecule has 29 heavy (non-hydrogen) atoms. The summed E-state index contributed by atoms with van der Waals surface area (Å²) in [5.41, 5.74) is 3.25. The van der Waals surface area contributed by atoms with Crippen molar-refractivity contribution in [3.63, 3.8) is 0 Å². The molecule has 1 aromatic carbocycles. The number of rotatable bonds is 4. The molecule has 2 aromatic rings. The van der Waals surface area contributed by atoms with Crippen molar-refractivity contribution in [3.05, 3.63) is 53.2 Å². The second-order valence-electron chi connectivity index (χ2n) is 7.46. The summed E-state index contributed by atoms with van der Waals surface area (Å²) in [5.74, 6) is -0.272. The molecule has 1 fully saturated rings. The highest BCUT2D eigenvalue weighted by atomic mass is 16.2. The van der Waals surface area contributed by atoms with E-state index < -0.39 is 11.8 Å². The topological polar surface area (TPSA) is 98.1 Å². The minimum absolute atomic E-state index is 0.290. The summed E-state index contributed by atoms with van der Waals surface area (Å²) < 4.78 is 0. The molecule has 7 nitrogen and oxygen atoms in total. The third kappa shape index (κ3) is 5.32. The van der Waals surface area contributed by atoms with Gasteiger partial charge in [-0.1, -0.05) is 6.07 Å². The van der Waals surface area contributed by atoms with Crippen LogP contribution >= 0.6 is 0 Å². The fourth-order valence-corrected chi connectivity index (χ4v) is 3.64. The van der Waals surface area contributed by atoms with E-state index >= 15 is 0 Å². The molecule has 0 unspecified atom stereocenters. The second kappa shape index (κ2) is 9.20. The molecule has 150 valence electrons. The van der Waals surface area contributed by atoms with E-state index in [0.717, 1.165) is 37.1 Å². The van der Waals surface area contributed by atoms with Crippen LogP contribution in [-0.2, 0) is 9.59 Å². The number of nitriles is 1. The number of nitrogens with one attached hydrogen (secondary N) is 2. The van der Waals surface area contributed by atoms with Gasteiger partial charge in [-0.3, -0.25) is 9.59 Å². The van der Waals surface area contributed by atoms with Crippen molar-refractivity contribution >= 4 is 23.3 Å². The molecule has 1 aliphatic heterocycles. The van der Waals surface area contributed by atoms with E-state index in [1.807, 2.05) is 32.0 Å². The summed E-state index contributed by atoms with van der Waals surface area (Å²) in [7, 11) is 0. The van der Waals surface area contributed by atoms with Crippen LogP contribution in [0.25, 0.3) is 0 Å². The fraction of sp³-hybridized carbons (Fsp3) is 0.364. The van der Waals surface area contributed by atoms with Gasteiger partial charge in [0.2, 0.25) is 0 Å². The van der Waals surface area contributed by atoms with E-state index in [9.17, 15) is 14.9 Å². The second-order valence-corrected chi connectivity index (χ2v) is 7.46. The van der Waals surface area contributed by atoms with Gasteiger partial charge in [-0.2, -0.15) is 5.26 Å². The van der Waals surface area contributed by atoms with E-state index in [2.05, 4.69) is 26.6 Å². The predicted octanol–water partition coefficient (Wildman–Crippen LogP) is 2.54. The standard InChI is InChI=1S/C22H25N5O2/c1-15-10-16(2)12-19(11-15)26-22(29)21(28)25-14-17-5-8-27(9-6-17)20-18(13-23)4-3-7-24-20/h3-4,7,10-12,17H,5-6,8-9,14H2,1-2H3,(H,25,28)(H,26,29). The first-order valence-corrected chi connectivity index (χ1v) is 9.74. The van der Waals surface area contributed by atoms with Gasteiger partial charge in [0.1, 0.15) is 11.9 Å². The molecule has 2 amide bonds. The minimum atomic E-state index is -0.653. The molecule has 0 aliphatic carbocycles. The fourth-order valence-electron chi connectivity index (χ4n) is 3.64. The summed E-state index contributed by atoms with van der Waals surface area (Å²) in [6.45, 7) is 5.88. The molecule has 0 spiro atoms. The lowest BCUT2D eigenvalue weighted by Crippen LogP contribution is -2.42. The van der Waals surface area contributed by atoms with Crippen LogP contribution in [0.15, 0.2) is 36.5 Å². The lowest BCUT2D eigenvalue weighted by atomic mass is 9.96. The van der Waals surface area contributed by atoms with Crippen LogP contribution in [0.2, 0.25) is 0 Å². The first-order chi connectivity index (χ1) is 14.0. The minimum Gasteiger partial charge on any atom is -0.356 e. The lowest BCUT2D eigenvalue weighted by Gasteiger charge is -2.33. The molecule has 0 bridgehead atoms. The zero-order chi connectivity index (χ0) is 20.8. The molecule has 7 heteroatoms. The monoisotopic (exact) mass is 391 g/mol. The highest BCUT2D eigenvalue weighted by Gasteiger charge is 2.23. The maximum absolute atomic E-state index is 12.1. The predicted molar refractivity (Wildman–Crippen MR) is 111 cm³/mol. The average Bonchev–Trinajstić information content (AvgIpc) is 2.71. The van der Waals surface area contributed by atoms with Gasteiger partial charge in [-0.15, -0.1) is 0 Å². The molecule has 2 heterocycles. The molecular formula is C22H25N5O2. The number of pyridine rings is 1. The molecule has 1 saturated heterocycles. The van der Waals surface area contributed by atoms with Crippen molar-refractivity contribution < 1.29 is 9.59 Å². The Bertz CT molecular complexity index is 922. The number of aromatic nitrogens is 1. The molecule has 1 aromatic heterocycles. The average molecular weight is 391 g/mol. The molecule has 0 saturated carbocycles. The van der Waals surface area contributed by atoms with Gasteiger partial charge in [0.05, 0.1) is 5.56 Å². The van der Waals surface area contributed by atoms with Crippen LogP contribution in [0.5, 0.6) is 0 Å². The van der Waals surface area contributed by atoms with Crippen molar-refractivity contribution in [2.24, 2.45) is 5.92 Å². The normalized spacial score (nSPS) is 14.2. The van der Waals surface area contributed by atoms with Gasteiger partial charge in [0.25, 0.3) is 0 Å². The Morgan fingerprint density at radius 3 is 2.52 bits per heavy atom. The molecule has 0 atom stereocenters. The number of amides is 2. The van der Waals surface area contributed by atoms with Crippen LogP contribution in [0.3, 0.4) is 0 Å². The van der Waals surface area contributed by atoms with E-state index in [1.165, 1.54) is 0 Å². The Balaban J connectivity index is 1.47. The molecular weight excluding hydrogens is 366 g/mol. The number of nitrogens with zero attached hydrogens (tertiary/aromatic N) is 3. The number of benzene rings is 1. The maximum Gasteiger partial charge on any atom is 0.313 e. The van der Waals surface area contributed by atoms with E-state index in [0.29, 0.717) is 29.5 Å². The highest BCUT2D eigenvalue weighted by molar-refractivity contribution is 6.39. The number of piperidine rings is 1. The van der Waals surface area contributed by atoms with Crippen LogP contribution in [0.4, 0.5) is 11.5 Å². The zero-order valence-electron chi connectivity index (χ0n) is 16.7. The Morgan fingerprint density at radius 1 is 1.17 bits per heavy atom. The van der Waals surface area contributed by atoms with E-state index in [4.69, 9.17) is 0 Å². The number of carbonyl (C=O) groups excluding carboxylic acids is 2. The quantitative estimate of drug-likeness (QED) is 0.781. The number of hydrogen-bond acceptors (Lipinski definition) is 5. The van der Waals surface area contributed by atoms with Crippen molar-refractivity contribution in [2.45, 2.75) is 26.7 Å². The summed E-state index contributed by atoms with van der Waals surface area (Å²) in [4.78, 5) is 30.7. The van der Waals surface area contributed by atoms with Crippen molar-refractivity contribution in [1.29, 1.82) is 5.26 Å². The van der Waals surface area contributed by atoms with Gasteiger partial charge in [-0.05, 0) is 68.0 Å². The van der Waals surface area contributed by atoms with Crippen LogP contribution in [0.1, 0.15) is 29.5 Å². The molecule has 0 radical (unpaired) electrons. The van der Waals surface area contributed by atoms with Crippen LogP contribution < -0.4 is 15.5 Å². The molecule has 3 rings (SSSR count). The van der Waals surface area contributed by atoms with Crippen LogP contribution in [-0.4, -0.2) is 36.4 Å². The lowest BCUT2D eigenvalue weighted by molar-refractivity contribution is -0.136. The smallest absolute Gasteiger partial charge is 0.313 e. The first-order valence-electron chi connectivity index (χ1n) is 9.74. The zero-order valence-corrected chi connectivity index (χ0v) is 16.7. The number of carbonyl (C=O) groups is 2. The van der Waals surface area contributed by atoms with Gasteiger partial charge in [0, 0.05) is 31.5 Å². The van der Waals surface area contributed by atoms with Crippen LogP contribution in [0, 0.1) is 31.1 Å². The Hall–Kier alpha value is -3.40. The van der Waals surface area contributed by atoms with E-state index in [1.54, 1.807) is 18.3 Å². The van der Waals surface area contributed by atoms with Gasteiger partial charge in [-0.25, -0.2) is 4.98 Å². The number of aryl methyl sites for hydroxylation is 2. The third-order valence-corrected chi connectivity index (χ3v) is 5.06. The van der Waals surface area contributed by atoms with Crippen molar-refractivity contribution in [1.82, 2.24) is 10.3 Å². The summed E-state index contributed by atoms with van der Waals surface area (Å²) in [6.07, 6.45) is 3.41. The maximum atomic E-state index is 12.1. The van der Waals surface area contributed by atoms with Crippen molar-refractivity contribution in [2.75, 3.05) is 29.9 Å². The Morgan fingerprint density at radius 2 is 1.86 bits per heavy atom. The van der Waals surface area contributed by atoms with Gasteiger partial charge in [0.15, 0.2) is 0 Å². The summed E-state index contributed by atoms with van der Waals surface area (Å²) in [5, 5.41) is 14.6. The largest absolute Gasteiger partial charge is 0.356 e. The molecule has 1 aliphatic rings.